The predicted molar refractivity (Wildman–Crippen MR) is 68.3 cm³/mol. The molecule has 1 aromatic carbocycles. The van der Waals surface area contributed by atoms with Crippen molar-refractivity contribution in [3.63, 3.8) is 0 Å². The summed E-state index contributed by atoms with van der Waals surface area (Å²) in [4.78, 5) is 0. The van der Waals surface area contributed by atoms with Gasteiger partial charge in [-0.05, 0) is 44.6 Å². The third kappa shape index (κ3) is 4.33. The lowest BCUT2D eigenvalue weighted by Crippen LogP contribution is -1.93. The van der Waals surface area contributed by atoms with E-state index < -0.39 is 0 Å². The van der Waals surface area contributed by atoms with Gasteiger partial charge in [0.2, 0.25) is 0 Å². The summed E-state index contributed by atoms with van der Waals surface area (Å²) >= 11 is 0. The Morgan fingerprint density at radius 3 is 2.40 bits per heavy atom. The lowest BCUT2D eigenvalue weighted by Gasteiger charge is -2.11. The maximum atomic E-state index is 3.94. The molecule has 0 saturated carbocycles. The van der Waals surface area contributed by atoms with Crippen molar-refractivity contribution in [2.75, 3.05) is 0 Å². The molecule has 0 aliphatic rings. The quantitative estimate of drug-likeness (QED) is 0.599. The number of benzene rings is 1. The van der Waals surface area contributed by atoms with Crippen molar-refractivity contribution in [2.45, 2.75) is 46.0 Å². The molecule has 0 aromatic heterocycles. The number of aryl methyl sites for hydroxylation is 1. The van der Waals surface area contributed by atoms with Crippen LogP contribution >= 0.6 is 0 Å². The Bertz CT molecular complexity index is 305. The number of hydrogen-bond acceptors (Lipinski definition) is 0. The first-order chi connectivity index (χ1) is 7.09. The van der Waals surface area contributed by atoms with E-state index in [1.54, 1.807) is 0 Å². The van der Waals surface area contributed by atoms with Gasteiger partial charge in [0.05, 0.1) is 0 Å². The maximum Gasteiger partial charge on any atom is -0.0190 e. The monoisotopic (exact) mass is 202 g/mol. The van der Waals surface area contributed by atoms with E-state index in [4.69, 9.17) is 0 Å². The summed E-state index contributed by atoms with van der Waals surface area (Å²) < 4.78 is 0. The Morgan fingerprint density at radius 2 is 1.87 bits per heavy atom. The molecular weight excluding hydrogens is 180 g/mol. The van der Waals surface area contributed by atoms with Crippen LogP contribution < -0.4 is 0 Å². The van der Waals surface area contributed by atoms with Crippen molar-refractivity contribution in [3.05, 3.63) is 47.5 Å². The average Bonchev–Trinajstić information content (AvgIpc) is 2.18. The summed E-state index contributed by atoms with van der Waals surface area (Å²) in [5.74, 6) is 0.671. The van der Waals surface area contributed by atoms with E-state index in [1.165, 1.54) is 29.5 Å². The van der Waals surface area contributed by atoms with Gasteiger partial charge in [0, 0.05) is 0 Å². The van der Waals surface area contributed by atoms with Gasteiger partial charge in [-0.1, -0.05) is 42.3 Å². The van der Waals surface area contributed by atoms with Crippen LogP contribution in [0.1, 0.15) is 50.2 Å². The van der Waals surface area contributed by atoms with Gasteiger partial charge in [0.1, 0.15) is 0 Å². The Balaban J connectivity index is 2.43. The standard InChI is InChI=1S/C15H22/c1-12(2)6-5-7-14(4)15-10-8-13(3)9-11-15/h8-11,14H,1,5-7H2,2-4H3/t14-/m0/s1. The van der Waals surface area contributed by atoms with Gasteiger partial charge < -0.3 is 0 Å². The van der Waals surface area contributed by atoms with Crippen LogP contribution in [0.3, 0.4) is 0 Å². The van der Waals surface area contributed by atoms with Crippen LogP contribution in [0.25, 0.3) is 0 Å². The van der Waals surface area contributed by atoms with Crippen LogP contribution in [-0.4, -0.2) is 0 Å². The molecule has 0 radical (unpaired) electrons. The minimum absolute atomic E-state index is 0.671. The van der Waals surface area contributed by atoms with Crippen LogP contribution in [0.4, 0.5) is 0 Å². The van der Waals surface area contributed by atoms with Crippen molar-refractivity contribution in [1.29, 1.82) is 0 Å². The van der Waals surface area contributed by atoms with Crippen LogP contribution in [0.15, 0.2) is 36.4 Å². The second-order valence-electron chi connectivity index (χ2n) is 4.66. The van der Waals surface area contributed by atoms with Crippen molar-refractivity contribution in [1.82, 2.24) is 0 Å². The summed E-state index contributed by atoms with van der Waals surface area (Å²) in [5.41, 5.74) is 4.10. The molecule has 0 N–H and O–H groups in total. The van der Waals surface area contributed by atoms with Crippen LogP contribution in [0.5, 0.6) is 0 Å². The molecule has 1 aromatic rings. The summed E-state index contributed by atoms with van der Waals surface area (Å²) in [7, 11) is 0. The van der Waals surface area contributed by atoms with Gasteiger partial charge in [-0.3, -0.25) is 0 Å². The van der Waals surface area contributed by atoms with E-state index in [9.17, 15) is 0 Å². The van der Waals surface area contributed by atoms with E-state index in [0.29, 0.717) is 5.92 Å². The fourth-order valence-corrected chi connectivity index (χ4v) is 1.77. The first kappa shape index (κ1) is 12.0. The van der Waals surface area contributed by atoms with Crippen LogP contribution in [-0.2, 0) is 0 Å². The van der Waals surface area contributed by atoms with E-state index in [0.717, 1.165) is 6.42 Å². The van der Waals surface area contributed by atoms with Crippen molar-refractivity contribution < 1.29 is 0 Å². The zero-order valence-electron chi connectivity index (χ0n) is 10.2. The fraction of sp³-hybridized carbons (Fsp3) is 0.467. The minimum Gasteiger partial charge on any atom is -0.100 e. The fourth-order valence-electron chi connectivity index (χ4n) is 1.77. The Labute approximate surface area is 94.0 Å². The summed E-state index contributed by atoms with van der Waals surface area (Å²) in [6.07, 6.45) is 3.68. The molecule has 1 atom stereocenters. The Kier molecular flexibility index (Phi) is 4.61. The maximum absolute atomic E-state index is 3.94. The molecule has 0 bridgehead atoms. The molecule has 0 fully saturated rings. The highest BCUT2D eigenvalue weighted by atomic mass is 14.1. The van der Waals surface area contributed by atoms with Gasteiger partial charge >= 0.3 is 0 Å². The molecule has 82 valence electrons. The number of allylic oxidation sites excluding steroid dienone is 1. The van der Waals surface area contributed by atoms with Crippen molar-refractivity contribution in [2.24, 2.45) is 0 Å². The van der Waals surface area contributed by atoms with Crippen molar-refractivity contribution >= 4 is 0 Å². The number of hydrogen-bond donors (Lipinski definition) is 0. The average molecular weight is 202 g/mol. The second-order valence-corrected chi connectivity index (χ2v) is 4.66. The topological polar surface area (TPSA) is 0 Å². The zero-order chi connectivity index (χ0) is 11.3. The molecule has 0 aliphatic carbocycles. The molecule has 15 heavy (non-hydrogen) atoms. The van der Waals surface area contributed by atoms with E-state index in [-0.39, 0.29) is 0 Å². The SMILES string of the molecule is C=C(C)CCC[C@H](C)c1ccc(C)cc1. The largest absolute Gasteiger partial charge is 0.100 e. The van der Waals surface area contributed by atoms with Gasteiger partial charge in [-0.2, -0.15) is 0 Å². The Hall–Kier alpha value is -1.04. The molecule has 1 rings (SSSR count). The molecule has 0 amide bonds. The first-order valence-corrected chi connectivity index (χ1v) is 5.80. The minimum atomic E-state index is 0.671. The summed E-state index contributed by atoms with van der Waals surface area (Å²) in [6, 6.07) is 8.90. The van der Waals surface area contributed by atoms with Crippen LogP contribution in [0.2, 0.25) is 0 Å². The van der Waals surface area contributed by atoms with Gasteiger partial charge in [-0.15, -0.1) is 6.58 Å². The normalized spacial score (nSPS) is 12.5. The highest BCUT2D eigenvalue weighted by Gasteiger charge is 2.04. The highest BCUT2D eigenvalue weighted by molar-refractivity contribution is 5.23. The van der Waals surface area contributed by atoms with Gasteiger partial charge in [0.15, 0.2) is 0 Å². The van der Waals surface area contributed by atoms with Crippen LogP contribution in [0, 0.1) is 6.92 Å². The van der Waals surface area contributed by atoms with E-state index >= 15 is 0 Å². The molecular formula is C15H22. The third-order valence-corrected chi connectivity index (χ3v) is 2.89. The van der Waals surface area contributed by atoms with Crippen molar-refractivity contribution in [3.8, 4) is 0 Å². The third-order valence-electron chi connectivity index (χ3n) is 2.89. The second kappa shape index (κ2) is 5.75. The molecule has 0 unspecified atom stereocenters. The number of rotatable bonds is 5. The zero-order valence-corrected chi connectivity index (χ0v) is 10.2. The summed E-state index contributed by atoms with van der Waals surface area (Å²) in [5, 5.41) is 0. The Morgan fingerprint density at radius 1 is 1.27 bits per heavy atom. The van der Waals surface area contributed by atoms with E-state index in [2.05, 4.69) is 51.6 Å². The summed E-state index contributed by atoms with van der Waals surface area (Å²) in [6.45, 7) is 10.5. The molecule has 0 aliphatic heterocycles. The highest BCUT2D eigenvalue weighted by Crippen LogP contribution is 2.22. The lowest BCUT2D eigenvalue weighted by molar-refractivity contribution is 0.632. The lowest BCUT2D eigenvalue weighted by atomic mass is 9.94. The molecule has 0 saturated heterocycles. The predicted octanol–water partition coefficient (Wildman–Crippen LogP) is 4.84. The molecule has 0 heterocycles. The molecule has 0 heteroatoms. The van der Waals surface area contributed by atoms with Gasteiger partial charge in [-0.25, -0.2) is 0 Å². The smallest absolute Gasteiger partial charge is 0.0190 e. The first-order valence-electron chi connectivity index (χ1n) is 5.80. The molecule has 0 spiro atoms. The molecule has 0 nitrogen and oxygen atoms in total. The van der Waals surface area contributed by atoms with E-state index in [1.807, 2.05) is 0 Å². The van der Waals surface area contributed by atoms with Gasteiger partial charge in [0.25, 0.3) is 0 Å².